The molecule has 0 radical (unpaired) electrons. The van der Waals surface area contributed by atoms with Crippen molar-refractivity contribution in [2.75, 3.05) is 6.61 Å². The molecule has 1 aliphatic rings. The molecule has 0 aromatic rings. The summed E-state index contributed by atoms with van der Waals surface area (Å²) in [7, 11) is 0. The summed E-state index contributed by atoms with van der Waals surface area (Å²) in [6.45, 7) is -0.683. The van der Waals surface area contributed by atoms with E-state index in [0.29, 0.717) is 0 Å². The highest BCUT2D eigenvalue weighted by molar-refractivity contribution is 4.91. The molecule has 0 amide bonds. The zero-order chi connectivity index (χ0) is 10.9. The lowest BCUT2D eigenvalue weighted by molar-refractivity contribution is -0.298. The van der Waals surface area contributed by atoms with Gasteiger partial charge in [0.1, 0.15) is 30.5 Å². The van der Waals surface area contributed by atoms with Crippen LogP contribution in [0.25, 0.3) is 0 Å². The highest BCUT2D eigenvalue weighted by Crippen LogP contribution is 2.21. The third-order valence-corrected chi connectivity index (χ3v) is 2.19. The molecule has 7 heteroatoms. The van der Waals surface area contributed by atoms with Crippen LogP contribution in [0.4, 0.5) is 0 Å². The first kappa shape index (κ1) is 11.8. The fourth-order valence-electron chi connectivity index (χ4n) is 1.31. The normalized spacial score (nSPS) is 46.3. The van der Waals surface area contributed by atoms with Crippen LogP contribution in [0.1, 0.15) is 0 Å². The molecule has 7 nitrogen and oxygen atoms in total. The van der Waals surface area contributed by atoms with E-state index in [1.165, 1.54) is 0 Å². The zero-order valence-electron chi connectivity index (χ0n) is 7.26. The lowest BCUT2D eigenvalue weighted by Gasteiger charge is -2.39. The van der Waals surface area contributed by atoms with Crippen LogP contribution in [0.3, 0.4) is 0 Å². The van der Waals surface area contributed by atoms with Gasteiger partial charge in [0.25, 0.3) is 0 Å². The van der Waals surface area contributed by atoms with Crippen molar-refractivity contribution in [3.63, 3.8) is 0 Å². The Morgan fingerprint density at radius 2 is 1.57 bits per heavy atom. The van der Waals surface area contributed by atoms with Gasteiger partial charge >= 0.3 is 0 Å². The summed E-state index contributed by atoms with van der Waals surface area (Å²) < 4.78 is 4.62. The zero-order valence-corrected chi connectivity index (χ0v) is 7.26. The molecule has 1 heterocycles. The smallest absolute Gasteiger partial charge is 0.184 e. The van der Waals surface area contributed by atoms with Gasteiger partial charge in [0.15, 0.2) is 6.29 Å². The molecule has 1 unspecified atom stereocenters. The Kier molecular flexibility index (Phi) is 3.78. The molecule has 0 bridgehead atoms. The Morgan fingerprint density at radius 1 is 1.00 bits per heavy atom. The van der Waals surface area contributed by atoms with Crippen LogP contribution in [0.15, 0.2) is 0 Å². The number of aliphatic hydroxyl groups excluding tert-OH is 6. The fraction of sp³-hybridized carbons (Fsp3) is 1.00. The van der Waals surface area contributed by atoms with E-state index >= 15 is 0 Å². The van der Waals surface area contributed by atoms with Crippen molar-refractivity contribution in [1.82, 2.24) is 0 Å². The first-order chi connectivity index (χ1) is 6.49. The Labute approximate surface area is 79.8 Å². The molecule has 0 aromatic heterocycles. The molecule has 6 atom stereocenters. The summed E-state index contributed by atoms with van der Waals surface area (Å²) in [6, 6.07) is 0. The maximum Gasteiger partial charge on any atom is 0.184 e. The molecular formula is C7H14O7. The second-order valence-corrected chi connectivity index (χ2v) is 3.21. The average molecular weight is 210 g/mol. The molecular weight excluding hydrogens is 196 g/mol. The summed E-state index contributed by atoms with van der Waals surface area (Å²) >= 11 is 0. The van der Waals surface area contributed by atoms with Gasteiger partial charge in [0, 0.05) is 0 Å². The van der Waals surface area contributed by atoms with Gasteiger partial charge in [-0.3, -0.25) is 0 Å². The number of rotatable bonds is 2. The molecule has 1 aliphatic heterocycles. The first-order valence-corrected chi connectivity index (χ1v) is 4.15. The molecule has 0 aromatic carbocycles. The molecule has 0 saturated carbocycles. The average Bonchev–Trinajstić information content (AvgIpc) is 2.19. The predicted molar refractivity (Wildman–Crippen MR) is 42.0 cm³/mol. The van der Waals surface area contributed by atoms with E-state index in [1.807, 2.05) is 0 Å². The van der Waals surface area contributed by atoms with E-state index < -0.39 is 43.4 Å². The molecule has 1 fully saturated rings. The van der Waals surface area contributed by atoms with E-state index in [9.17, 15) is 10.2 Å². The number of ether oxygens (including phenoxy) is 1. The van der Waals surface area contributed by atoms with Crippen LogP contribution in [0.5, 0.6) is 0 Å². The first-order valence-electron chi connectivity index (χ1n) is 4.15. The molecule has 1 rings (SSSR count). The predicted octanol–water partition coefficient (Wildman–Crippen LogP) is -3.86. The Hall–Kier alpha value is -0.280. The highest BCUT2D eigenvalue weighted by atomic mass is 16.6. The quantitative estimate of drug-likeness (QED) is 0.275. The van der Waals surface area contributed by atoms with E-state index in [1.54, 1.807) is 0 Å². The van der Waals surface area contributed by atoms with Crippen LogP contribution in [0.2, 0.25) is 0 Å². The van der Waals surface area contributed by atoms with E-state index in [2.05, 4.69) is 4.74 Å². The van der Waals surface area contributed by atoms with Crippen molar-refractivity contribution in [2.24, 2.45) is 0 Å². The van der Waals surface area contributed by atoms with Crippen molar-refractivity contribution in [3.8, 4) is 0 Å². The van der Waals surface area contributed by atoms with Crippen LogP contribution in [-0.4, -0.2) is 74.1 Å². The second-order valence-electron chi connectivity index (χ2n) is 3.21. The summed E-state index contributed by atoms with van der Waals surface area (Å²) in [4.78, 5) is 0. The second kappa shape index (κ2) is 4.49. The molecule has 6 N–H and O–H groups in total. The summed E-state index contributed by atoms with van der Waals surface area (Å²) in [5, 5.41) is 54.3. The van der Waals surface area contributed by atoms with Crippen molar-refractivity contribution >= 4 is 0 Å². The maximum absolute atomic E-state index is 9.31. The third-order valence-electron chi connectivity index (χ3n) is 2.19. The Bertz CT molecular complexity index is 187. The standard InChI is InChI=1S/C7H14O7/c8-1-2(9)6-4(11)3(10)5(12)7(13)14-6/h2-13H,1H2/t2?,3-,4-,5+,6+,7-/m0/s1. The molecule has 84 valence electrons. The van der Waals surface area contributed by atoms with Crippen molar-refractivity contribution in [3.05, 3.63) is 0 Å². The Balaban J connectivity index is 2.70. The molecule has 1 saturated heterocycles. The summed E-state index contributed by atoms with van der Waals surface area (Å²) in [5.74, 6) is 0. The highest BCUT2D eigenvalue weighted by Gasteiger charge is 2.45. The molecule has 0 aliphatic carbocycles. The van der Waals surface area contributed by atoms with Crippen LogP contribution in [0, 0.1) is 0 Å². The largest absolute Gasteiger partial charge is 0.394 e. The van der Waals surface area contributed by atoms with Crippen LogP contribution >= 0.6 is 0 Å². The minimum Gasteiger partial charge on any atom is -0.394 e. The fourth-order valence-corrected chi connectivity index (χ4v) is 1.31. The Morgan fingerprint density at radius 3 is 2.07 bits per heavy atom. The van der Waals surface area contributed by atoms with Gasteiger partial charge in [-0.15, -0.1) is 0 Å². The maximum atomic E-state index is 9.31. The lowest BCUT2D eigenvalue weighted by Crippen LogP contribution is -2.61. The monoisotopic (exact) mass is 210 g/mol. The van der Waals surface area contributed by atoms with Gasteiger partial charge in [-0.05, 0) is 0 Å². The van der Waals surface area contributed by atoms with Crippen molar-refractivity contribution in [1.29, 1.82) is 0 Å². The summed E-state index contributed by atoms with van der Waals surface area (Å²) in [5.41, 5.74) is 0. The van der Waals surface area contributed by atoms with Crippen molar-refractivity contribution < 1.29 is 35.4 Å². The SMILES string of the molecule is OCC(O)[C@H]1O[C@H](O)[C@H](O)[C@@H](O)[C@@H]1O. The topological polar surface area (TPSA) is 131 Å². The van der Waals surface area contributed by atoms with Gasteiger partial charge in [0.05, 0.1) is 6.61 Å². The van der Waals surface area contributed by atoms with Crippen LogP contribution in [-0.2, 0) is 4.74 Å². The number of aliphatic hydroxyl groups is 6. The van der Waals surface area contributed by atoms with Gasteiger partial charge in [0.2, 0.25) is 0 Å². The van der Waals surface area contributed by atoms with E-state index in [4.69, 9.17) is 20.4 Å². The van der Waals surface area contributed by atoms with E-state index in [-0.39, 0.29) is 0 Å². The third kappa shape index (κ3) is 2.04. The van der Waals surface area contributed by atoms with E-state index in [0.717, 1.165) is 0 Å². The minimum atomic E-state index is -1.69. The molecule has 14 heavy (non-hydrogen) atoms. The van der Waals surface area contributed by atoms with Crippen LogP contribution < -0.4 is 0 Å². The minimum absolute atomic E-state index is 0.683. The summed E-state index contributed by atoms with van der Waals surface area (Å²) in [6.07, 6.45) is -9.26. The number of hydrogen-bond acceptors (Lipinski definition) is 7. The van der Waals surface area contributed by atoms with Gasteiger partial charge < -0.3 is 35.4 Å². The van der Waals surface area contributed by atoms with Gasteiger partial charge in [-0.25, -0.2) is 0 Å². The number of hydrogen-bond donors (Lipinski definition) is 6. The van der Waals surface area contributed by atoms with Gasteiger partial charge in [-0.2, -0.15) is 0 Å². The van der Waals surface area contributed by atoms with Gasteiger partial charge in [-0.1, -0.05) is 0 Å². The molecule has 0 spiro atoms. The lowest BCUT2D eigenvalue weighted by atomic mass is 9.96. The van der Waals surface area contributed by atoms with Crippen molar-refractivity contribution in [2.45, 2.75) is 36.8 Å².